The number of hydrogen-bond donors (Lipinski definition) is 3. The Hall–Kier alpha value is -3.03. The fourth-order valence-corrected chi connectivity index (χ4v) is 5.42. The number of Topliss-reactive ketones (excluding diaryl/α,β-unsaturated/α-hetero) is 1. The van der Waals surface area contributed by atoms with E-state index in [1.54, 1.807) is 24.3 Å². The molecular weight excluding hydrogens is 446 g/mol. The predicted molar refractivity (Wildman–Crippen MR) is 125 cm³/mol. The number of aromatic amines is 1. The van der Waals surface area contributed by atoms with Gasteiger partial charge in [-0.3, -0.25) is 9.59 Å². The first-order valence-corrected chi connectivity index (χ1v) is 11.7. The monoisotopic (exact) mass is 465 g/mol. The Kier molecular flexibility index (Phi) is 5.53. The highest BCUT2D eigenvalue weighted by Gasteiger charge is 2.37. The molecule has 1 aliphatic heterocycles. The van der Waals surface area contributed by atoms with Crippen LogP contribution in [0.15, 0.2) is 69.8 Å². The Morgan fingerprint density at radius 2 is 1.88 bits per heavy atom. The third-order valence-corrected chi connectivity index (χ3v) is 7.08. The standard InChI is InChI=1S/C24H20ClN3O3S/c25-16-5-2-1-4-14(16)12-32-24-27-22-21(23(31)28-24)19(13-8-10-15(29)11-9-13)20-17(26-22)6-3-7-18(20)30/h1-2,4-5,8-11,19,29H,3,6-7,12H2,(H2,26,27,28,31). The van der Waals surface area contributed by atoms with Crippen molar-refractivity contribution >= 4 is 35.0 Å². The van der Waals surface area contributed by atoms with Crippen LogP contribution in [-0.4, -0.2) is 20.9 Å². The third-order valence-electron chi connectivity index (χ3n) is 5.78. The van der Waals surface area contributed by atoms with Crippen molar-refractivity contribution in [3.05, 3.63) is 91.9 Å². The number of halogens is 1. The Bertz CT molecular complexity index is 1300. The van der Waals surface area contributed by atoms with Crippen LogP contribution in [0.3, 0.4) is 0 Å². The fraction of sp³-hybridized carbons (Fsp3) is 0.208. The summed E-state index contributed by atoms with van der Waals surface area (Å²) < 4.78 is 0. The van der Waals surface area contributed by atoms with Crippen molar-refractivity contribution < 1.29 is 9.90 Å². The van der Waals surface area contributed by atoms with Gasteiger partial charge in [0.05, 0.1) is 5.56 Å². The number of thioether (sulfide) groups is 1. The van der Waals surface area contributed by atoms with Gasteiger partial charge in [-0.05, 0) is 42.2 Å². The van der Waals surface area contributed by atoms with Crippen LogP contribution in [0.4, 0.5) is 5.82 Å². The number of phenolic OH excluding ortho intramolecular Hbond substituents is 1. The van der Waals surface area contributed by atoms with Gasteiger partial charge in [0, 0.05) is 34.4 Å². The number of nitrogens with one attached hydrogen (secondary N) is 2. The highest BCUT2D eigenvalue weighted by Crippen LogP contribution is 2.43. The molecule has 0 amide bonds. The molecule has 0 saturated carbocycles. The van der Waals surface area contributed by atoms with Gasteiger partial charge in [0.25, 0.3) is 5.56 Å². The summed E-state index contributed by atoms with van der Waals surface area (Å²) in [7, 11) is 0. The van der Waals surface area contributed by atoms with Crippen LogP contribution in [0.5, 0.6) is 5.75 Å². The van der Waals surface area contributed by atoms with Crippen molar-refractivity contribution in [2.24, 2.45) is 0 Å². The summed E-state index contributed by atoms with van der Waals surface area (Å²) in [6, 6.07) is 14.2. The van der Waals surface area contributed by atoms with Crippen molar-refractivity contribution in [2.45, 2.75) is 36.1 Å². The molecule has 0 bridgehead atoms. The van der Waals surface area contributed by atoms with E-state index in [1.165, 1.54) is 11.8 Å². The first kappa shape index (κ1) is 20.8. The number of carbonyl (C=O) groups is 1. The molecule has 0 fully saturated rings. The van der Waals surface area contributed by atoms with Gasteiger partial charge in [-0.1, -0.05) is 53.7 Å². The van der Waals surface area contributed by atoms with E-state index in [2.05, 4.69) is 15.3 Å². The molecule has 6 nitrogen and oxygen atoms in total. The van der Waals surface area contributed by atoms with Gasteiger partial charge in [0.1, 0.15) is 11.6 Å². The number of nitrogens with zero attached hydrogens (tertiary/aromatic N) is 1. The molecule has 8 heteroatoms. The van der Waals surface area contributed by atoms with E-state index < -0.39 is 5.92 Å². The Balaban J connectivity index is 1.56. The third kappa shape index (κ3) is 3.82. The van der Waals surface area contributed by atoms with E-state index >= 15 is 0 Å². The number of phenols is 1. The van der Waals surface area contributed by atoms with Crippen molar-refractivity contribution in [1.29, 1.82) is 0 Å². The highest BCUT2D eigenvalue weighted by molar-refractivity contribution is 7.98. The van der Waals surface area contributed by atoms with Gasteiger partial charge >= 0.3 is 0 Å². The lowest BCUT2D eigenvalue weighted by Gasteiger charge is -2.32. The first-order chi connectivity index (χ1) is 15.5. The number of anilines is 1. The molecule has 3 aromatic rings. The smallest absolute Gasteiger partial charge is 0.257 e. The minimum absolute atomic E-state index is 0.0408. The van der Waals surface area contributed by atoms with E-state index in [1.807, 2.05) is 24.3 Å². The molecule has 32 heavy (non-hydrogen) atoms. The average molecular weight is 466 g/mol. The van der Waals surface area contributed by atoms with E-state index in [4.69, 9.17) is 11.6 Å². The Morgan fingerprint density at radius 1 is 1.09 bits per heavy atom. The van der Waals surface area contributed by atoms with Crippen molar-refractivity contribution in [2.75, 3.05) is 5.32 Å². The number of fused-ring (bicyclic) bond motifs is 1. The quantitative estimate of drug-likeness (QED) is 0.371. The van der Waals surface area contributed by atoms with Crippen LogP contribution in [0.2, 0.25) is 5.02 Å². The summed E-state index contributed by atoms with van der Waals surface area (Å²) in [6.45, 7) is 0. The summed E-state index contributed by atoms with van der Waals surface area (Å²) in [5.74, 6) is 0.690. The molecule has 0 spiro atoms. The maximum absolute atomic E-state index is 13.2. The zero-order valence-electron chi connectivity index (χ0n) is 17.0. The molecule has 2 heterocycles. The van der Waals surface area contributed by atoms with E-state index in [0.29, 0.717) is 39.3 Å². The molecule has 0 saturated heterocycles. The number of H-pyrrole nitrogens is 1. The second kappa shape index (κ2) is 8.48. The molecule has 5 rings (SSSR count). The fourth-order valence-electron chi connectivity index (χ4n) is 4.27. The SMILES string of the molecule is O=C1CCCC2=C1C(c1ccc(O)cc1)c1c(nc(SCc3ccccc3Cl)[nH]c1=O)N2. The maximum atomic E-state index is 13.2. The van der Waals surface area contributed by atoms with E-state index in [0.717, 1.165) is 29.7 Å². The average Bonchev–Trinajstić information content (AvgIpc) is 2.78. The molecule has 2 aliphatic rings. The molecule has 0 radical (unpaired) electrons. The van der Waals surface area contributed by atoms with Gasteiger partial charge in [-0.15, -0.1) is 0 Å². The summed E-state index contributed by atoms with van der Waals surface area (Å²) in [4.78, 5) is 33.7. The topological polar surface area (TPSA) is 95.1 Å². The number of allylic oxidation sites excluding steroid dienone is 2. The summed E-state index contributed by atoms with van der Waals surface area (Å²) in [5.41, 5.74) is 3.32. The molecule has 2 aromatic carbocycles. The van der Waals surface area contributed by atoms with Crippen molar-refractivity contribution in [3.63, 3.8) is 0 Å². The van der Waals surface area contributed by atoms with Crippen molar-refractivity contribution in [1.82, 2.24) is 9.97 Å². The predicted octanol–water partition coefficient (Wildman–Crippen LogP) is 4.99. The lowest BCUT2D eigenvalue weighted by molar-refractivity contribution is -0.116. The lowest BCUT2D eigenvalue weighted by atomic mass is 9.76. The van der Waals surface area contributed by atoms with E-state index in [9.17, 15) is 14.7 Å². The molecule has 1 unspecified atom stereocenters. The van der Waals surface area contributed by atoms with Crippen LogP contribution in [-0.2, 0) is 10.5 Å². The summed E-state index contributed by atoms with van der Waals surface area (Å²) in [6.07, 6.45) is 1.95. The lowest BCUT2D eigenvalue weighted by Crippen LogP contribution is -2.32. The van der Waals surface area contributed by atoms with Gasteiger partial charge in [-0.2, -0.15) is 0 Å². The van der Waals surface area contributed by atoms with Gasteiger partial charge in [0.2, 0.25) is 0 Å². The number of aromatic hydroxyl groups is 1. The zero-order valence-corrected chi connectivity index (χ0v) is 18.6. The molecular formula is C24H20ClN3O3S. The Morgan fingerprint density at radius 3 is 2.66 bits per heavy atom. The van der Waals surface area contributed by atoms with Crippen molar-refractivity contribution in [3.8, 4) is 5.75 Å². The highest BCUT2D eigenvalue weighted by atomic mass is 35.5. The summed E-state index contributed by atoms with van der Waals surface area (Å²) in [5, 5.41) is 14.1. The van der Waals surface area contributed by atoms with Gasteiger partial charge in [0.15, 0.2) is 10.9 Å². The normalized spacial score (nSPS) is 17.5. The molecule has 3 N–H and O–H groups in total. The first-order valence-electron chi connectivity index (χ1n) is 10.3. The number of rotatable bonds is 4. The molecule has 1 aromatic heterocycles. The number of hydrogen-bond acceptors (Lipinski definition) is 6. The molecule has 162 valence electrons. The largest absolute Gasteiger partial charge is 0.508 e. The maximum Gasteiger partial charge on any atom is 0.257 e. The number of carbonyl (C=O) groups excluding carboxylic acids is 1. The zero-order chi connectivity index (χ0) is 22.2. The minimum atomic E-state index is -0.520. The number of ketones is 1. The second-order valence-electron chi connectivity index (χ2n) is 7.83. The minimum Gasteiger partial charge on any atom is -0.508 e. The van der Waals surface area contributed by atoms with Crippen LogP contribution < -0.4 is 10.9 Å². The van der Waals surface area contributed by atoms with Crippen LogP contribution in [0.25, 0.3) is 0 Å². The summed E-state index contributed by atoms with van der Waals surface area (Å²) >= 11 is 7.65. The molecule has 1 atom stereocenters. The van der Waals surface area contributed by atoms with Crippen LogP contribution >= 0.6 is 23.4 Å². The number of benzene rings is 2. The van der Waals surface area contributed by atoms with Crippen LogP contribution in [0, 0.1) is 0 Å². The Labute approximate surface area is 193 Å². The van der Waals surface area contributed by atoms with Crippen LogP contribution in [0.1, 0.15) is 41.9 Å². The van der Waals surface area contributed by atoms with Gasteiger partial charge in [-0.25, -0.2) is 4.98 Å². The molecule has 1 aliphatic carbocycles. The second-order valence-corrected chi connectivity index (χ2v) is 9.20. The van der Waals surface area contributed by atoms with E-state index in [-0.39, 0.29) is 17.1 Å². The number of aromatic nitrogens is 2. The van der Waals surface area contributed by atoms with Gasteiger partial charge < -0.3 is 15.4 Å².